The molecular weight excluding hydrogens is 437 g/mol. The van der Waals surface area contributed by atoms with Crippen molar-refractivity contribution in [3.05, 3.63) is 46.5 Å². The summed E-state index contributed by atoms with van der Waals surface area (Å²) < 4.78 is 5.33. The summed E-state index contributed by atoms with van der Waals surface area (Å²) >= 11 is 6.27. The summed E-state index contributed by atoms with van der Waals surface area (Å²) in [5.41, 5.74) is 2.52. The number of nitrogens with one attached hydrogen (secondary N) is 2. The quantitative estimate of drug-likeness (QED) is 0.286. The molecule has 1 atom stereocenters. The van der Waals surface area contributed by atoms with E-state index >= 15 is 0 Å². The van der Waals surface area contributed by atoms with E-state index in [1.54, 1.807) is 0 Å². The van der Waals surface area contributed by atoms with Gasteiger partial charge in [0.25, 0.3) is 0 Å². The van der Waals surface area contributed by atoms with Crippen molar-refractivity contribution in [2.75, 3.05) is 26.3 Å². The Bertz CT molecular complexity index is 563. The Morgan fingerprint density at radius 1 is 1.38 bits per heavy atom. The Kier molecular flexibility index (Phi) is 10.4. The van der Waals surface area contributed by atoms with E-state index in [4.69, 9.17) is 16.3 Å². The second kappa shape index (κ2) is 11.7. The summed E-state index contributed by atoms with van der Waals surface area (Å²) in [4.78, 5) is 4.67. The van der Waals surface area contributed by atoms with E-state index in [1.165, 1.54) is 5.57 Å². The van der Waals surface area contributed by atoms with Gasteiger partial charge in [0.15, 0.2) is 5.96 Å². The van der Waals surface area contributed by atoms with Gasteiger partial charge in [0.05, 0.1) is 19.3 Å². The predicted octanol–water partition coefficient (Wildman–Crippen LogP) is 4.31. The molecule has 0 amide bonds. The van der Waals surface area contributed by atoms with Crippen LogP contribution in [-0.2, 0) is 4.74 Å². The summed E-state index contributed by atoms with van der Waals surface area (Å²) in [6, 6.07) is 8.00. The van der Waals surface area contributed by atoms with E-state index in [1.807, 2.05) is 24.3 Å². The molecule has 1 aromatic rings. The van der Waals surface area contributed by atoms with E-state index in [0.717, 1.165) is 55.7 Å². The van der Waals surface area contributed by atoms with Crippen LogP contribution >= 0.6 is 35.6 Å². The van der Waals surface area contributed by atoms with Crippen molar-refractivity contribution in [3.63, 3.8) is 0 Å². The van der Waals surface area contributed by atoms with Crippen LogP contribution in [0.2, 0.25) is 5.02 Å². The third-order valence-corrected chi connectivity index (χ3v) is 4.17. The fraction of sp³-hybridized carbons (Fsp3) is 0.500. The third-order valence-electron chi connectivity index (χ3n) is 3.83. The first-order valence-corrected chi connectivity index (χ1v) is 8.63. The summed E-state index contributed by atoms with van der Waals surface area (Å²) in [5.74, 6) is 0.826. The normalized spacial score (nSPS) is 16.0. The van der Waals surface area contributed by atoms with Gasteiger partial charge in [-0.1, -0.05) is 41.4 Å². The van der Waals surface area contributed by atoms with Gasteiger partial charge in [-0.05, 0) is 38.3 Å². The fourth-order valence-corrected chi connectivity index (χ4v) is 2.83. The molecule has 2 N–H and O–H groups in total. The molecule has 0 aromatic heterocycles. The number of hydrogen-bond donors (Lipinski definition) is 2. The summed E-state index contributed by atoms with van der Waals surface area (Å²) in [6.45, 7) is 7.33. The molecule has 0 aliphatic carbocycles. The van der Waals surface area contributed by atoms with Gasteiger partial charge in [-0.2, -0.15) is 0 Å². The molecule has 0 spiro atoms. The molecule has 1 aliphatic rings. The molecule has 134 valence electrons. The fourth-order valence-electron chi connectivity index (χ4n) is 2.53. The van der Waals surface area contributed by atoms with Gasteiger partial charge in [0.1, 0.15) is 0 Å². The number of halogens is 2. The molecule has 0 saturated heterocycles. The van der Waals surface area contributed by atoms with Crippen LogP contribution in [0.4, 0.5) is 0 Å². The molecule has 1 aromatic carbocycles. The molecular formula is C18H27ClIN3O. The van der Waals surface area contributed by atoms with E-state index in [0.29, 0.717) is 0 Å². The lowest BCUT2D eigenvalue weighted by Gasteiger charge is -2.19. The molecule has 2 rings (SSSR count). The van der Waals surface area contributed by atoms with Crippen molar-refractivity contribution in [2.45, 2.75) is 32.7 Å². The summed E-state index contributed by atoms with van der Waals surface area (Å²) in [6.07, 6.45) is 4.18. The van der Waals surface area contributed by atoms with Gasteiger partial charge in [-0.15, -0.1) is 24.0 Å². The van der Waals surface area contributed by atoms with Crippen molar-refractivity contribution >= 4 is 41.5 Å². The Hall–Kier alpha value is -0.790. The van der Waals surface area contributed by atoms with E-state index in [-0.39, 0.29) is 30.0 Å². The molecule has 24 heavy (non-hydrogen) atoms. The first kappa shape index (κ1) is 21.3. The molecule has 0 bridgehead atoms. The Morgan fingerprint density at radius 2 is 2.17 bits per heavy atom. The minimum Gasteiger partial charge on any atom is -0.377 e. The second-order valence-corrected chi connectivity index (χ2v) is 5.99. The highest BCUT2D eigenvalue weighted by atomic mass is 127. The monoisotopic (exact) mass is 463 g/mol. The topological polar surface area (TPSA) is 45.7 Å². The second-order valence-electron chi connectivity index (χ2n) is 5.59. The first-order chi connectivity index (χ1) is 11.2. The minimum absolute atomic E-state index is 0. The molecule has 0 radical (unpaired) electrons. The van der Waals surface area contributed by atoms with Gasteiger partial charge in [-0.25, -0.2) is 0 Å². The maximum Gasteiger partial charge on any atom is 0.191 e. The predicted molar refractivity (Wildman–Crippen MR) is 113 cm³/mol. The number of aliphatic imine (C=N–C) groups is 1. The van der Waals surface area contributed by atoms with E-state index < -0.39 is 0 Å². The highest BCUT2D eigenvalue weighted by Crippen LogP contribution is 2.22. The van der Waals surface area contributed by atoms with Gasteiger partial charge in [-0.3, -0.25) is 4.99 Å². The Morgan fingerprint density at radius 3 is 2.83 bits per heavy atom. The van der Waals surface area contributed by atoms with Crippen molar-refractivity contribution in [1.29, 1.82) is 0 Å². The average molecular weight is 464 g/mol. The van der Waals surface area contributed by atoms with Crippen molar-refractivity contribution in [3.8, 4) is 0 Å². The third kappa shape index (κ3) is 6.99. The van der Waals surface area contributed by atoms with Gasteiger partial charge in [0.2, 0.25) is 0 Å². The number of ether oxygens (including phenoxy) is 1. The highest BCUT2D eigenvalue weighted by molar-refractivity contribution is 14.0. The van der Waals surface area contributed by atoms with Crippen LogP contribution in [-0.4, -0.2) is 32.3 Å². The lowest BCUT2D eigenvalue weighted by Crippen LogP contribution is -2.38. The smallest absolute Gasteiger partial charge is 0.191 e. The van der Waals surface area contributed by atoms with E-state index in [2.05, 4.69) is 35.5 Å². The average Bonchev–Trinajstić information content (AvgIpc) is 2.56. The van der Waals surface area contributed by atoms with Crippen LogP contribution in [0.15, 0.2) is 40.9 Å². The van der Waals surface area contributed by atoms with Gasteiger partial charge in [0, 0.05) is 18.1 Å². The first-order valence-electron chi connectivity index (χ1n) is 8.25. The number of hydrogen-bond acceptors (Lipinski definition) is 2. The lowest BCUT2D eigenvalue weighted by atomic mass is 10.1. The Balaban J connectivity index is 0.00000288. The van der Waals surface area contributed by atoms with Crippen LogP contribution < -0.4 is 10.6 Å². The molecule has 1 aliphatic heterocycles. The Labute approximate surface area is 167 Å². The largest absolute Gasteiger partial charge is 0.377 e. The number of nitrogens with zero attached hydrogens (tertiary/aromatic N) is 1. The van der Waals surface area contributed by atoms with Crippen LogP contribution in [0, 0.1) is 0 Å². The molecule has 4 nitrogen and oxygen atoms in total. The van der Waals surface area contributed by atoms with Gasteiger partial charge < -0.3 is 15.4 Å². The van der Waals surface area contributed by atoms with Crippen LogP contribution in [0.3, 0.4) is 0 Å². The summed E-state index contributed by atoms with van der Waals surface area (Å²) in [5, 5.41) is 7.49. The molecule has 1 heterocycles. The molecule has 1 unspecified atom stereocenters. The standard InChI is InChI=1S/C18H26ClN3O.HI/c1-3-20-18(21-11-8-15-9-12-23-13-10-15)22-14(2)16-6-4-5-7-17(16)19;/h4-7,9,14H,3,8,10-13H2,1-2H3,(H2,20,21,22);1H. The zero-order chi connectivity index (χ0) is 16.5. The lowest BCUT2D eigenvalue weighted by molar-refractivity contribution is 0.153. The van der Waals surface area contributed by atoms with Gasteiger partial charge >= 0.3 is 0 Å². The minimum atomic E-state index is 0. The zero-order valence-corrected chi connectivity index (χ0v) is 17.4. The van der Waals surface area contributed by atoms with Crippen LogP contribution in [0.1, 0.15) is 38.3 Å². The SMILES string of the molecule is CCNC(=NCCC1=CCOCC1)NC(C)c1ccccc1Cl.I. The maximum absolute atomic E-state index is 6.27. The van der Waals surface area contributed by atoms with Crippen molar-refractivity contribution < 1.29 is 4.74 Å². The van der Waals surface area contributed by atoms with Crippen molar-refractivity contribution in [2.24, 2.45) is 4.99 Å². The molecule has 0 fully saturated rings. The molecule has 0 saturated carbocycles. The highest BCUT2D eigenvalue weighted by Gasteiger charge is 2.11. The maximum atomic E-state index is 6.27. The number of guanidine groups is 1. The van der Waals surface area contributed by atoms with E-state index in [9.17, 15) is 0 Å². The van der Waals surface area contributed by atoms with Crippen LogP contribution in [0.25, 0.3) is 0 Å². The van der Waals surface area contributed by atoms with Crippen molar-refractivity contribution in [1.82, 2.24) is 10.6 Å². The van der Waals surface area contributed by atoms with Crippen LogP contribution in [0.5, 0.6) is 0 Å². The number of benzene rings is 1. The number of rotatable bonds is 6. The zero-order valence-electron chi connectivity index (χ0n) is 14.3. The summed E-state index contributed by atoms with van der Waals surface area (Å²) in [7, 11) is 0. The molecule has 6 heteroatoms.